The summed E-state index contributed by atoms with van der Waals surface area (Å²) >= 11 is 0. The third kappa shape index (κ3) is 3.63. The smallest absolute Gasteiger partial charge is 0.320 e. The van der Waals surface area contributed by atoms with Crippen LogP contribution in [0.3, 0.4) is 0 Å². The van der Waals surface area contributed by atoms with Gasteiger partial charge in [0.05, 0.1) is 12.3 Å². The molecule has 2 atom stereocenters. The zero-order chi connectivity index (χ0) is 16.1. The first-order chi connectivity index (χ1) is 10.5. The molecule has 1 aromatic carbocycles. The lowest BCUT2D eigenvalue weighted by molar-refractivity contribution is -0.139. The molecule has 2 aromatic rings. The van der Waals surface area contributed by atoms with Crippen molar-refractivity contribution in [2.24, 2.45) is 5.16 Å². The summed E-state index contributed by atoms with van der Waals surface area (Å²) in [6, 6.07) is 6.86. The quantitative estimate of drug-likeness (QED) is 0.345. The molecule has 2 rings (SSSR count). The highest BCUT2D eigenvalue weighted by molar-refractivity contribution is 5.99. The van der Waals surface area contributed by atoms with Crippen LogP contribution in [-0.2, 0) is 11.3 Å². The van der Waals surface area contributed by atoms with Gasteiger partial charge in [0.15, 0.2) is 0 Å². The lowest BCUT2D eigenvalue weighted by Crippen LogP contribution is -2.39. The number of fused-ring (bicyclic) bond motifs is 1. The second-order valence-electron chi connectivity index (χ2n) is 5.12. The van der Waals surface area contributed by atoms with Gasteiger partial charge in [0.25, 0.3) is 0 Å². The Bertz CT molecular complexity index is 680. The summed E-state index contributed by atoms with van der Waals surface area (Å²) in [5.41, 5.74) is 1.65. The van der Waals surface area contributed by atoms with Gasteiger partial charge in [0.2, 0.25) is 0 Å². The van der Waals surface area contributed by atoms with Crippen LogP contribution in [0.1, 0.15) is 12.5 Å². The van der Waals surface area contributed by atoms with Crippen molar-refractivity contribution in [1.29, 1.82) is 0 Å². The highest BCUT2D eigenvalue weighted by atomic mass is 16.4. The van der Waals surface area contributed by atoms with E-state index in [9.17, 15) is 9.90 Å². The summed E-state index contributed by atoms with van der Waals surface area (Å²) in [5.74, 6) is -0.958. The Hall–Kier alpha value is -2.38. The standard InChI is InChI=1S/C15H19N3O4/c1-10(15(20)21)16-7-12(19)9-18-8-11(6-17-22)13-4-2-3-5-14(13)18/h2-6,8,10,12,16,19,22H,7,9H2,1H3,(H,20,21)/b17-6-/t10-,12+/m0/s1. The van der Waals surface area contributed by atoms with Crippen molar-refractivity contribution in [2.75, 3.05) is 6.54 Å². The van der Waals surface area contributed by atoms with Crippen molar-refractivity contribution < 1.29 is 20.2 Å². The fraction of sp³-hybridized carbons (Fsp3) is 0.333. The molecule has 22 heavy (non-hydrogen) atoms. The fourth-order valence-corrected chi connectivity index (χ4v) is 2.28. The van der Waals surface area contributed by atoms with E-state index in [0.29, 0.717) is 6.54 Å². The topological polar surface area (TPSA) is 107 Å². The maximum Gasteiger partial charge on any atom is 0.320 e. The number of carboxylic acid groups (broad SMARTS) is 1. The molecule has 1 heterocycles. The molecule has 1 aromatic heterocycles. The van der Waals surface area contributed by atoms with Crippen molar-refractivity contribution >= 4 is 23.1 Å². The third-order valence-corrected chi connectivity index (χ3v) is 3.45. The Morgan fingerprint density at radius 3 is 2.86 bits per heavy atom. The summed E-state index contributed by atoms with van der Waals surface area (Å²) in [6.07, 6.45) is 2.39. The molecule has 0 amide bonds. The lowest BCUT2D eigenvalue weighted by Gasteiger charge is -2.15. The molecule has 0 unspecified atom stereocenters. The highest BCUT2D eigenvalue weighted by Crippen LogP contribution is 2.20. The maximum absolute atomic E-state index is 10.7. The first-order valence-electron chi connectivity index (χ1n) is 6.92. The van der Waals surface area contributed by atoms with Gasteiger partial charge in [-0.2, -0.15) is 0 Å². The number of aliphatic hydroxyl groups is 1. The van der Waals surface area contributed by atoms with E-state index in [1.165, 1.54) is 13.1 Å². The van der Waals surface area contributed by atoms with Crippen LogP contribution in [0.4, 0.5) is 0 Å². The van der Waals surface area contributed by atoms with Gasteiger partial charge in [-0.05, 0) is 13.0 Å². The minimum Gasteiger partial charge on any atom is -0.480 e. The summed E-state index contributed by atoms with van der Waals surface area (Å²) in [6.45, 7) is 2.00. The van der Waals surface area contributed by atoms with Gasteiger partial charge in [0, 0.05) is 35.8 Å². The molecule has 4 N–H and O–H groups in total. The second-order valence-corrected chi connectivity index (χ2v) is 5.12. The van der Waals surface area contributed by atoms with Crippen LogP contribution in [-0.4, -0.2) is 50.9 Å². The van der Waals surface area contributed by atoms with Crippen molar-refractivity contribution in [2.45, 2.75) is 25.6 Å². The monoisotopic (exact) mass is 305 g/mol. The molecular weight excluding hydrogens is 286 g/mol. The molecule has 7 heteroatoms. The Balaban J connectivity index is 2.12. The molecule has 0 spiro atoms. The Kier molecular flexibility index (Phi) is 5.13. The van der Waals surface area contributed by atoms with Gasteiger partial charge in [-0.15, -0.1) is 0 Å². The molecule has 7 nitrogen and oxygen atoms in total. The second kappa shape index (κ2) is 7.06. The predicted octanol–water partition coefficient (Wildman–Crippen LogP) is 0.873. The minimum absolute atomic E-state index is 0.170. The van der Waals surface area contributed by atoms with Gasteiger partial charge < -0.3 is 25.3 Å². The number of hydrogen-bond donors (Lipinski definition) is 4. The van der Waals surface area contributed by atoms with E-state index >= 15 is 0 Å². The molecule has 0 radical (unpaired) electrons. The van der Waals surface area contributed by atoms with Gasteiger partial charge in [-0.1, -0.05) is 23.4 Å². The summed E-state index contributed by atoms with van der Waals surface area (Å²) in [7, 11) is 0. The molecule has 0 fully saturated rings. The average Bonchev–Trinajstić information content (AvgIpc) is 2.83. The molecule has 0 bridgehead atoms. The number of hydrogen-bond acceptors (Lipinski definition) is 5. The number of aliphatic carboxylic acids is 1. The Morgan fingerprint density at radius 1 is 1.45 bits per heavy atom. The first kappa shape index (κ1) is 16.0. The lowest BCUT2D eigenvalue weighted by atomic mass is 10.2. The predicted molar refractivity (Wildman–Crippen MR) is 82.4 cm³/mol. The molecule has 0 saturated heterocycles. The maximum atomic E-state index is 10.7. The zero-order valence-corrected chi connectivity index (χ0v) is 12.2. The van der Waals surface area contributed by atoms with Crippen LogP contribution in [0.25, 0.3) is 10.9 Å². The normalized spacial score (nSPS) is 14.5. The average molecular weight is 305 g/mol. The first-order valence-corrected chi connectivity index (χ1v) is 6.92. The molecule has 0 aliphatic carbocycles. The number of benzene rings is 1. The number of aromatic nitrogens is 1. The number of rotatable bonds is 7. The fourth-order valence-electron chi connectivity index (χ4n) is 2.28. The van der Waals surface area contributed by atoms with Crippen molar-refractivity contribution in [1.82, 2.24) is 9.88 Å². The van der Waals surface area contributed by atoms with E-state index in [0.717, 1.165) is 16.5 Å². The summed E-state index contributed by atoms with van der Waals surface area (Å²) in [5, 5.41) is 34.3. The van der Waals surface area contributed by atoms with Crippen LogP contribution < -0.4 is 5.32 Å². The van der Waals surface area contributed by atoms with Gasteiger partial charge in [-0.3, -0.25) is 4.79 Å². The van der Waals surface area contributed by atoms with Gasteiger partial charge >= 0.3 is 5.97 Å². The zero-order valence-electron chi connectivity index (χ0n) is 12.2. The summed E-state index contributed by atoms with van der Waals surface area (Å²) in [4.78, 5) is 10.7. The highest BCUT2D eigenvalue weighted by Gasteiger charge is 2.14. The minimum atomic E-state index is -0.958. The number of carboxylic acids is 1. The van der Waals surface area contributed by atoms with Crippen LogP contribution >= 0.6 is 0 Å². The van der Waals surface area contributed by atoms with E-state index in [2.05, 4.69) is 10.5 Å². The van der Waals surface area contributed by atoms with Crippen LogP contribution in [0.2, 0.25) is 0 Å². The Morgan fingerprint density at radius 2 is 2.18 bits per heavy atom. The molecule has 0 aliphatic heterocycles. The van der Waals surface area contributed by atoms with Crippen molar-refractivity contribution in [3.8, 4) is 0 Å². The number of oxime groups is 1. The van der Waals surface area contributed by atoms with Crippen LogP contribution in [0.5, 0.6) is 0 Å². The van der Waals surface area contributed by atoms with E-state index in [1.54, 1.807) is 6.20 Å². The number of aliphatic hydroxyl groups excluding tert-OH is 1. The van der Waals surface area contributed by atoms with E-state index in [1.807, 2.05) is 28.8 Å². The third-order valence-electron chi connectivity index (χ3n) is 3.45. The van der Waals surface area contributed by atoms with Crippen molar-refractivity contribution in [3.63, 3.8) is 0 Å². The number of para-hydroxylation sites is 1. The number of carbonyl (C=O) groups is 1. The van der Waals surface area contributed by atoms with E-state index < -0.39 is 18.1 Å². The van der Waals surface area contributed by atoms with Gasteiger partial charge in [-0.25, -0.2) is 0 Å². The SMILES string of the molecule is C[C@H](NC[C@@H](O)Cn1cc(/C=N\O)c2ccccc21)C(=O)O. The van der Waals surface area contributed by atoms with Crippen LogP contribution in [0, 0.1) is 0 Å². The van der Waals surface area contributed by atoms with Crippen molar-refractivity contribution in [3.05, 3.63) is 36.0 Å². The van der Waals surface area contributed by atoms with Gasteiger partial charge in [0.1, 0.15) is 6.04 Å². The molecule has 0 aliphatic rings. The summed E-state index contributed by atoms with van der Waals surface area (Å²) < 4.78 is 1.85. The number of nitrogens with one attached hydrogen (secondary N) is 1. The Labute approximate surface area is 127 Å². The molecule has 0 saturated carbocycles. The van der Waals surface area contributed by atoms with E-state index in [-0.39, 0.29) is 6.54 Å². The number of nitrogens with zero attached hydrogens (tertiary/aromatic N) is 2. The van der Waals surface area contributed by atoms with E-state index in [4.69, 9.17) is 10.3 Å². The van der Waals surface area contributed by atoms with Crippen LogP contribution in [0.15, 0.2) is 35.6 Å². The molecular formula is C15H19N3O4. The largest absolute Gasteiger partial charge is 0.480 e. The molecule has 118 valence electrons.